The van der Waals surface area contributed by atoms with Crippen LogP contribution >= 0.6 is 11.6 Å². The SMILES string of the molecule is CC(Cn1cccn1)Nc1nc(Cl)ncc1[N+](=O)[O-]. The monoisotopic (exact) mass is 282 g/mol. The molecule has 0 aromatic carbocycles. The third kappa shape index (κ3) is 3.38. The maximum absolute atomic E-state index is 10.9. The topological polar surface area (TPSA) is 98.8 Å². The second-order valence-electron chi connectivity index (χ2n) is 3.90. The zero-order valence-corrected chi connectivity index (χ0v) is 10.8. The highest BCUT2D eigenvalue weighted by molar-refractivity contribution is 6.28. The van der Waals surface area contributed by atoms with Gasteiger partial charge in [-0.1, -0.05) is 0 Å². The van der Waals surface area contributed by atoms with Gasteiger partial charge >= 0.3 is 5.69 Å². The molecular weight excluding hydrogens is 272 g/mol. The number of nitrogens with zero attached hydrogens (tertiary/aromatic N) is 5. The number of nitro groups is 1. The summed E-state index contributed by atoms with van der Waals surface area (Å²) < 4.78 is 1.71. The Balaban J connectivity index is 2.13. The molecule has 0 fully saturated rings. The minimum atomic E-state index is -0.556. The Kier molecular flexibility index (Phi) is 3.91. The van der Waals surface area contributed by atoms with Gasteiger partial charge in [-0.05, 0) is 24.6 Å². The molecular formula is C10H11ClN6O2. The van der Waals surface area contributed by atoms with Crippen molar-refractivity contribution in [3.05, 3.63) is 40.1 Å². The summed E-state index contributed by atoms with van der Waals surface area (Å²) in [4.78, 5) is 17.7. The van der Waals surface area contributed by atoms with Crippen LogP contribution in [-0.2, 0) is 6.54 Å². The van der Waals surface area contributed by atoms with Crippen molar-refractivity contribution < 1.29 is 4.92 Å². The zero-order valence-electron chi connectivity index (χ0n) is 10.0. The summed E-state index contributed by atoms with van der Waals surface area (Å²) in [5.74, 6) is 0.102. The summed E-state index contributed by atoms with van der Waals surface area (Å²) in [5.41, 5.74) is -0.211. The lowest BCUT2D eigenvalue weighted by Crippen LogP contribution is -2.23. The Bertz CT molecular complexity index is 573. The van der Waals surface area contributed by atoms with Crippen molar-refractivity contribution in [2.45, 2.75) is 19.5 Å². The molecule has 100 valence electrons. The maximum atomic E-state index is 10.9. The van der Waals surface area contributed by atoms with E-state index in [1.165, 1.54) is 0 Å². The molecule has 1 atom stereocenters. The van der Waals surface area contributed by atoms with Crippen LogP contribution in [0.5, 0.6) is 0 Å². The van der Waals surface area contributed by atoms with Crippen molar-refractivity contribution in [1.82, 2.24) is 19.7 Å². The van der Waals surface area contributed by atoms with E-state index in [-0.39, 0.29) is 22.8 Å². The fraction of sp³-hybridized carbons (Fsp3) is 0.300. The summed E-state index contributed by atoms with van der Waals surface area (Å²) in [6.07, 6.45) is 4.55. The molecule has 0 radical (unpaired) electrons. The number of aromatic nitrogens is 4. The second-order valence-corrected chi connectivity index (χ2v) is 4.24. The molecule has 8 nitrogen and oxygen atoms in total. The van der Waals surface area contributed by atoms with Crippen LogP contribution in [-0.4, -0.2) is 30.7 Å². The number of hydrogen-bond acceptors (Lipinski definition) is 6. The van der Waals surface area contributed by atoms with Gasteiger partial charge in [0.05, 0.1) is 11.5 Å². The Labute approximate surface area is 113 Å². The van der Waals surface area contributed by atoms with Crippen LogP contribution in [0.25, 0.3) is 0 Å². The van der Waals surface area contributed by atoms with E-state index in [0.29, 0.717) is 6.54 Å². The number of nitrogens with one attached hydrogen (secondary N) is 1. The first kappa shape index (κ1) is 13.2. The van der Waals surface area contributed by atoms with Crippen LogP contribution in [0.4, 0.5) is 11.5 Å². The molecule has 1 unspecified atom stereocenters. The fourth-order valence-electron chi connectivity index (χ4n) is 1.56. The number of rotatable bonds is 5. The number of anilines is 1. The van der Waals surface area contributed by atoms with Crippen molar-refractivity contribution in [1.29, 1.82) is 0 Å². The van der Waals surface area contributed by atoms with Crippen LogP contribution in [0, 0.1) is 10.1 Å². The molecule has 2 aromatic rings. The molecule has 19 heavy (non-hydrogen) atoms. The van der Waals surface area contributed by atoms with E-state index in [1.807, 2.05) is 6.92 Å². The average molecular weight is 283 g/mol. The Hall–Kier alpha value is -2.22. The molecule has 2 aromatic heterocycles. The lowest BCUT2D eigenvalue weighted by atomic mass is 10.3. The van der Waals surface area contributed by atoms with E-state index >= 15 is 0 Å². The van der Waals surface area contributed by atoms with E-state index in [4.69, 9.17) is 11.6 Å². The lowest BCUT2D eigenvalue weighted by molar-refractivity contribution is -0.384. The number of hydrogen-bond donors (Lipinski definition) is 1. The molecule has 0 aliphatic carbocycles. The molecule has 0 aliphatic rings. The van der Waals surface area contributed by atoms with Gasteiger partial charge in [-0.3, -0.25) is 14.8 Å². The van der Waals surface area contributed by atoms with E-state index in [1.54, 1.807) is 23.1 Å². The van der Waals surface area contributed by atoms with Gasteiger partial charge in [-0.15, -0.1) is 0 Å². The lowest BCUT2D eigenvalue weighted by Gasteiger charge is -2.14. The summed E-state index contributed by atoms with van der Waals surface area (Å²) in [6, 6.07) is 1.70. The van der Waals surface area contributed by atoms with E-state index < -0.39 is 4.92 Å². The third-order valence-corrected chi connectivity index (χ3v) is 2.52. The summed E-state index contributed by atoms with van der Waals surface area (Å²) in [7, 11) is 0. The molecule has 1 N–H and O–H groups in total. The standard InChI is InChI=1S/C10H11ClN6O2/c1-7(6-16-4-2-3-13-16)14-9-8(17(18)19)5-12-10(11)15-9/h2-5,7H,6H2,1H3,(H,12,14,15). The van der Waals surface area contributed by atoms with E-state index in [2.05, 4.69) is 20.4 Å². The van der Waals surface area contributed by atoms with Crippen LogP contribution in [0.3, 0.4) is 0 Å². The van der Waals surface area contributed by atoms with Crippen molar-refractivity contribution in [2.24, 2.45) is 0 Å². The minimum absolute atomic E-state index is 0.0422. The minimum Gasteiger partial charge on any atom is -0.360 e. The van der Waals surface area contributed by atoms with Crippen molar-refractivity contribution in [3.63, 3.8) is 0 Å². The van der Waals surface area contributed by atoms with Crippen molar-refractivity contribution >= 4 is 23.1 Å². The molecule has 2 heterocycles. The zero-order chi connectivity index (χ0) is 13.8. The third-order valence-electron chi connectivity index (χ3n) is 2.34. The normalized spacial score (nSPS) is 12.1. The molecule has 0 spiro atoms. The van der Waals surface area contributed by atoms with Crippen LogP contribution < -0.4 is 5.32 Å². The highest BCUT2D eigenvalue weighted by Gasteiger charge is 2.18. The highest BCUT2D eigenvalue weighted by Crippen LogP contribution is 2.22. The second kappa shape index (κ2) is 5.61. The largest absolute Gasteiger partial charge is 0.360 e. The molecule has 0 saturated heterocycles. The Morgan fingerprint density at radius 1 is 1.63 bits per heavy atom. The number of halogens is 1. The van der Waals surface area contributed by atoms with Gasteiger partial charge in [-0.25, -0.2) is 4.98 Å². The summed E-state index contributed by atoms with van der Waals surface area (Å²) in [6.45, 7) is 2.41. The van der Waals surface area contributed by atoms with Crippen LogP contribution in [0.1, 0.15) is 6.92 Å². The highest BCUT2D eigenvalue weighted by atomic mass is 35.5. The predicted octanol–water partition coefficient (Wildman–Crippen LogP) is 1.74. The first-order valence-electron chi connectivity index (χ1n) is 5.47. The van der Waals surface area contributed by atoms with Crippen LogP contribution in [0.15, 0.2) is 24.7 Å². The Morgan fingerprint density at radius 3 is 3.05 bits per heavy atom. The average Bonchev–Trinajstić information content (AvgIpc) is 2.81. The van der Waals surface area contributed by atoms with E-state index in [0.717, 1.165) is 6.20 Å². The quantitative estimate of drug-likeness (QED) is 0.509. The van der Waals surface area contributed by atoms with Gasteiger partial charge in [0.2, 0.25) is 11.1 Å². The van der Waals surface area contributed by atoms with Gasteiger partial charge in [-0.2, -0.15) is 10.1 Å². The summed E-state index contributed by atoms with van der Waals surface area (Å²) >= 11 is 5.65. The summed E-state index contributed by atoms with van der Waals surface area (Å²) in [5, 5.41) is 17.8. The molecule has 0 saturated carbocycles. The smallest absolute Gasteiger partial charge is 0.329 e. The van der Waals surface area contributed by atoms with Gasteiger partial charge in [0.15, 0.2) is 0 Å². The van der Waals surface area contributed by atoms with Gasteiger partial charge in [0, 0.05) is 18.4 Å². The van der Waals surface area contributed by atoms with E-state index in [9.17, 15) is 10.1 Å². The fourth-order valence-corrected chi connectivity index (χ4v) is 1.70. The predicted molar refractivity (Wildman–Crippen MR) is 69.0 cm³/mol. The van der Waals surface area contributed by atoms with Gasteiger partial charge < -0.3 is 5.32 Å². The molecule has 9 heteroatoms. The first-order chi connectivity index (χ1) is 9.06. The molecule has 2 rings (SSSR count). The first-order valence-corrected chi connectivity index (χ1v) is 5.85. The molecule has 0 amide bonds. The molecule has 0 bridgehead atoms. The molecule has 0 aliphatic heterocycles. The van der Waals surface area contributed by atoms with Crippen molar-refractivity contribution in [2.75, 3.05) is 5.32 Å². The van der Waals surface area contributed by atoms with Crippen LogP contribution in [0.2, 0.25) is 5.28 Å². The van der Waals surface area contributed by atoms with Crippen molar-refractivity contribution in [3.8, 4) is 0 Å². The van der Waals surface area contributed by atoms with Gasteiger partial charge in [0.1, 0.15) is 6.20 Å². The van der Waals surface area contributed by atoms with Gasteiger partial charge in [0.25, 0.3) is 0 Å². The maximum Gasteiger partial charge on any atom is 0.329 e. The Morgan fingerprint density at radius 2 is 2.42 bits per heavy atom.